The second kappa shape index (κ2) is 8.04. The van der Waals surface area contributed by atoms with Crippen molar-refractivity contribution in [1.82, 2.24) is 4.90 Å². The van der Waals surface area contributed by atoms with Crippen molar-refractivity contribution < 1.29 is 23.9 Å². The van der Waals surface area contributed by atoms with Gasteiger partial charge in [0.05, 0.1) is 9.93 Å². The summed E-state index contributed by atoms with van der Waals surface area (Å²) in [7, 11) is 0. The number of imide groups is 1. The van der Waals surface area contributed by atoms with Crippen molar-refractivity contribution >= 4 is 52.2 Å². The Morgan fingerprint density at radius 3 is 2.63 bits per heavy atom. The average Bonchev–Trinajstić information content (AvgIpc) is 3.24. The number of fused-ring (bicyclic) bond motifs is 1. The molecule has 4 rings (SSSR count). The third-order valence-corrected chi connectivity index (χ3v) is 5.98. The Morgan fingerprint density at radius 2 is 1.90 bits per heavy atom. The van der Waals surface area contributed by atoms with E-state index in [2.05, 4.69) is 5.32 Å². The predicted octanol–water partition coefficient (Wildman–Crippen LogP) is 4.36. The number of rotatable bonds is 4. The molecule has 0 aromatic heterocycles. The molecular formula is C21H17ClN2O5S. The summed E-state index contributed by atoms with van der Waals surface area (Å²) in [6.45, 7) is 3.64. The molecule has 1 saturated heterocycles. The maximum absolute atomic E-state index is 12.7. The number of hydrogen-bond donors (Lipinski definition) is 1. The van der Waals surface area contributed by atoms with Crippen LogP contribution in [-0.2, 0) is 9.59 Å². The molecule has 1 fully saturated rings. The molecule has 2 aliphatic rings. The highest BCUT2D eigenvalue weighted by Gasteiger charge is 2.36. The van der Waals surface area contributed by atoms with Gasteiger partial charge < -0.3 is 14.8 Å². The Kier molecular flexibility index (Phi) is 5.44. The molecule has 0 aliphatic carbocycles. The van der Waals surface area contributed by atoms with Crippen LogP contribution in [0.1, 0.15) is 16.7 Å². The summed E-state index contributed by atoms with van der Waals surface area (Å²) in [6, 6.07) is 8.74. The highest BCUT2D eigenvalue weighted by Crippen LogP contribution is 2.39. The number of thioether (sulfide) groups is 1. The molecule has 2 aromatic rings. The molecule has 154 valence electrons. The zero-order chi connectivity index (χ0) is 21.4. The molecule has 0 saturated carbocycles. The Hall–Kier alpha value is -2.97. The van der Waals surface area contributed by atoms with Gasteiger partial charge in [0, 0.05) is 11.8 Å². The first kappa shape index (κ1) is 20.3. The standard InChI is InChI=1S/C21H17ClN2O5S/c1-11-3-4-14(5-12(11)2)23-19(25)9-24-20(26)18(30-21(24)27)7-13-6-16-17(8-15(13)22)29-10-28-16/h3-8H,9-10H2,1-2H3,(H,23,25)/b18-7+. The van der Waals surface area contributed by atoms with Crippen molar-refractivity contribution in [3.05, 3.63) is 56.9 Å². The molecule has 0 atom stereocenters. The minimum atomic E-state index is -0.547. The monoisotopic (exact) mass is 444 g/mol. The van der Waals surface area contributed by atoms with Gasteiger partial charge in [-0.3, -0.25) is 19.3 Å². The van der Waals surface area contributed by atoms with E-state index in [1.807, 2.05) is 26.0 Å². The second-order valence-electron chi connectivity index (χ2n) is 6.84. The first-order valence-electron chi connectivity index (χ1n) is 9.03. The molecular weight excluding hydrogens is 428 g/mol. The number of nitrogens with zero attached hydrogens (tertiary/aromatic N) is 1. The molecule has 9 heteroatoms. The van der Waals surface area contributed by atoms with E-state index in [1.165, 1.54) is 6.08 Å². The van der Waals surface area contributed by atoms with E-state index in [0.29, 0.717) is 27.8 Å². The highest BCUT2D eigenvalue weighted by atomic mass is 35.5. The number of carbonyl (C=O) groups excluding carboxylic acids is 3. The topological polar surface area (TPSA) is 84.9 Å². The lowest BCUT2D eigenvalue weighted by Gasteiger charge is -2.13. The summed E-state index contributed by atoms with van der Waals surface area (Å²) in [5, 5.41) is 2.56. The average molecular weight is 445 g/mol. The molecule has 1 N–H and O–H groups in total. The van der Waals surface area contributed by atoms with Gasteiger partial charge in [-0.25, -0.2) is 0 Å². The van der Waals surface area contributed by atoms with Gasteiger partial charge in [0.25, 0.3) is 11.1 Å². The lowest BCUT2D eigenvalue weighted by Crippen LogP contribution is -2.36. The molecule has 2 aliphatic heterocycles. The van der Waals surface area contributed by atoms with E-state index in [9.17, 15) is 14.4 Å². The number of benzene rings is 2. The quantitative estimate of drug-likeness (QED) is 0.705. The molecule has 0 radical (unpaired) electrons. The molecule has 3 amide bonds. The number of hydrogen-bond acceptors (Lipinski definition) is 6. The van der Waals surface area contributed by atoms with Gasteiger partial charge >= 0.3 is 0 Å². The fourth-order valence-corrected chi connectivity index (χ4v) is 4.02. The molecule has 7 nitrogen and oxygen atoms in total. The second-order valence-corrected chi connectivity index (χ2v) is 8.24. The number of ether oxygens (including phenoxy) is 2. The van der Waals surface area contributed by atoms with E-state index in [-0.39, 0.29) is 18.2 Å². The first-order chi connectivity index (χ1) is 14.3. The minimum Gasteiger partial charge on any atom is -0.454 e. The molecule has 0 unspecified atom stereocenters. The van der Waals surface area contributed by atoms with Crippen LogP contribution in [0.15, 0.2) is 35.2 Å². The van der Waals surface area contributed by atoms with Crippen molar-refractivity contribution in [2.24, 2.45) is 0 Å². The van der Waals surface area contributed by atoms with Crippen LogP contribution in [0.4, 0.5) is 10.5 Å². The van der Waals surface area contributed by atoms with Crippen LogP contribution in [0, 0.1) is 13.8 Å². The lowest BCUT2D eigenvalue weighted by atomic mass is 10.1. The van der Waals surface area contributed by atoms with E-state index in [4.69, 9.17) is 21.1 Å². The van der Waals surface area contributed by atoms with Gasteiger partial charge in [0.2, 0.25) is 12.7 Å². The summed E-state index contributed by atoms with van der Waals surface area (Å²) < 4.78 is 10.6. The van der Waals surface area contributed by atoms with Crippen LogP contribution in [-0.4, -0.2) is 35.3 Å². The summed E-state index contributed by atoms with van der Waals surface area (Å²) in [4.78, 5) is 38.5. The Bertz CT molecular complexity index is 1110. The Balaban J connectivity index is 1.48. The predicted molar refractivity (Wildman–Crippen MR) is 115 cm³/mol. The zero-order valence-electron chi connectivity index (χ0n) is 16.2. The summed E-state index contributed by atoms with van der Waals surface area (Å²) in [5.74, 6) is 0.0304. The van der Waals surface area contributed by atoms with Gasteiger partial charge in [-0.1, -0.05) is 17.7 Å². The number of halogens is 1. The van der Waals surface area contributed by atoms with E-state index in [0.717, 1.165) is 27.8 Å². The molecule has 2 aromatic carbocycles. The van der Waals surface area contributed by atoms with Gasteiger partial charge in [0.1, 0.15) is 6.54 Å². The maximum Gasteiger partial charge on any atom is 0.294 e. The van der Waals surface area contributed by atoms with Gasteiger partial charge in [-0.2, -0.15) is 0 Å². The summed E-state index contributed by atoms with van der Waals surface area (Å²) in [5.41, 5.74) is 3.26. The van der Waals surface area contributed by atoms with Crippen molar-refractivity contribution in [3.8, 4) is 11.5 Å². The number of anilines is 1. The van der Waals surface area contributed by atoms with Crippen LogP contribution in [0.3, 0.4) is 0 Å². The fourth-order valence-electron chi connectivity index (χ4n) is 2.98. The van der Waals surface area contributed by atoms with Crippen LogP contribution in [0.5, 0.6) is 11.5 Å². The van der Waals surface area contributed by atoms with Crippen LogP contribution >= 0.6 is 23.4 Å². The third-order valence-electron chi connectivity index (χ3n) is 4.74. The van der Waals surface area contributed by atoms with Crippen molar-refractivity contribution in [2.45, 2.75) is 13.8 Å². The van der Waals surface area contributed by atoms with E-state index in [1.54, 1.807) is 18.2 Å². The SMILES string of the molecule is Cc1ccc(NC(=O)CN2C(=O)S/C(=C/c3cc4c(cc3Cl)OCO4)C2=O)cc1C. The number of carbonyl (C=O) groups is 3. The number of amides is 3. The van der Waals surface area contributed by atoms with Crippen molar-refractivity contribution in [2.75, 3.05) is 18.7 Å². The van der Waals surface area contributed by atoms with E-state index < -0.39 is 17.1 Å². The lowest BCUT2D eigenvalue weighted by molar-refractivity contribution is -0.127. The largest absolute Gasteiger partial charge is 0.454 e. The van der Waals surface area contributed by atoms with Gasteiger partial charge in [-0.15, -0.1) is 0 Å². The number of aryl methyl sites for hydroxylation is 2. The molecule has 2 heterocycles. The van der Waals surface area contributed by atoms with Gasteiger partial charge in [0.15, 0.2) is 11.5 Å². The summed E-state index contributed by atoms with van der Waals surface area (Å²) >= 11 is 7.00. The molecule has 0 bridgehead atoms. The Morgan fingerprint density at radius 1 is 1.17 bits per heavy atom. The van der Waals surface area contributed by atoms with Crippen molar-refractivity contribution in [3.63, 3.8) is 0 Å². The highest BCUT2D eigenvalue weighted by molar-refractivity contribution is 8.18. The van der Waals surface area contributed by atoms with Crippen LogP contribution in [0.2, 0.25) is 5.02 Å². The molecule has 30 heavy (non-hydrogen) atoms. The maximum atomic E-state index is 12.7. The van der Waals surface area contributed by atoms with Crippen LogP contribution < -0.4 is 14.8 Å². The van der Waals surface area contributed by atoms with E-state index >= 15 is 0 Å². The summed E-state index contributed by atoms with van der Waals surface area (Å²) in [6.07, 6.45) is 1.51. The third kappa shape index (κ3) is 4.01. The Labute approximate surface area is 182 Å². The zero-order valence-corrected chi connectivity index (χ0v) is 17.7. The van der Waals surface area contributed by atoms with Gasteiger partial charge in [-0.05, 0) is 66.6 Å². The smallest absolute Gasteiger partial charge is 0.294 e. The number of nitrogens with one attached hydrogen (secondary N) is 1. The van der Waals surface area contributed by atoms with Crippen LogP contribution in [0.25, 0.3) is 6.08 Å². The fraction of sp³-hybridized carbons (Fsp3) is 0.190. The minimum absolute atomic E-state index is 0.0985. The molecule has 0 spiro atoms. The van der Waals surface area contributed by atoms with Crippen molar-refractivity contribution in [1.29, 1.82) is 0 Å². The first-order valence-corrected chi connectivity index (χ1v) is 10.2. The normalized spacial score (nSPS) is 16.5.